The van der Waals surface area contributed by atoms with Gasteiger partial charge < -0.3 is 5.32 Å². The summed E-state index contributed by atoms with van der Waals surface area (Å²) < 4.78 is 13.4. The number of rotatable bonds is 3. The lowest BCUT2D eigenvalue weighted by molar-refractivity contribution is 0.620. The third-order valence-corrected chi connectivity index (χ3v) is 4.07. The van der Waals surface area contributed by atoms with Crippen LogP contribution in [0.25, 0.3) is 10.4 Å². The van der Waals surface area contributed by atoms with Crippen molar-refractivity contribution in [3.8, 4) is 10.4 Å². The Bertz CT molecular complexity index is 519. The van der Waals surface area contributed by atoms with Crippen LogP contribution in [-0.4, -0.2) is 7.05 Å². The highest BCUT2D eigenvalue weighted by Gasteiger charge is 2.14. The molecule has 0 aliphatic carbocycles. The number of aryl methyl sites for hydroxylation is 1. The van der Waals surface area contributed by atoms with Crippen LogP contribution >= 0.6 is 11.3 Å². The SMILES string of the molecule is CNC(C)c1ccc(F)cc1-c1sccc1C. The fraction of sp³-hybridized carbons (Fsp3) is 0.286. The molecule has 3 heteroatoms. The Morgan fingerprint density at radius 1 is 1.29 bits per heavy atom. The smallest absolute Gasteiger partial charge is 0.123 e. The summed E-state index contributed by atoms with van der Waals surface area (Å²) >= 11 is 1.66. The van der Waals surface area contributed by atoms with Gasteiger partial charge in [0.1, 0.15) is 5.82 Å². The number of hydrogen-bond donors (Lipinski definition) is 1. The minimum atomic E-state index is -0.181. The molecule has 1 heterocycles. The van der Waals surface area contributed by atoms with E-state index >= 15 is 0 Å². The van der Waals surface area contributed by atoms with Crippen LogP contribution in [0, 0.1) is 12.7 Å². The van der Waals surface area contributed by atoms with Gasteiger partial charge in [-0.1, -0.05) is 6.07 Å². The van der Waals surface area contributed by atoms with Gasteiger partial charge in [0.15, 0.2) is 0 Å². The summed E-state index contributed by atoms with van der Waals surface area (Å²) in [6, 6.07) is 7.30. The second kappa shape index (κ2) is 4.98. The van der Waals surface area contributed by atoms with Crippen LogP contribution in [0.1, 0.15) is 24.1 Å². The molecule has 0 fully saturated rings. The van der Waals surface area contributed by atoms with Crippen molar-refractivity contribution in [1.29, 1.82) is 0 Å². The van der Waals surface area contributed by atoms with Crippen molar-refractivity contribution in [3.63, 3.8) is 0 Å². The van der Waals surface area contributed by atoms with Crippen molar-refractivity contribution >= 4 is 11.3 Å². The molecule has 0 saturated heterocycles. The first-order valence-corrected chi connectivity index (χ1v) is 6.52. The molecule has 1 aromatic heterocycles. The van der Waals surface area contributed by atoms with Gasteiger partial charge in [-0.05, 0) is 61.2 Å². The van der Waals surface area contributed by atoms with Gasteiger partial charge in [0.2, 0.25) is 0 Å². The molecule has 1 aromatic carbocycles. The van der Waals surface area contributed by atoms with Crippen molar-refractivity contribution in [2.75, 3.05) is 7.05 Å². The van der Waals surface area contributed by atoms with Gasteiger partial charge in [-0.2, -0.15) is 0 Å². The van der Waals surface area contributed by atoms with Gasteiger partial charge in [-0.3, -0.25) is 0 Å². The minimum Gasteiger partial charge on any atom is -0.313 e. The molecule has 0 radical (unpaired) electrons. The lowest BCUT2D eigenvalue weighted by atomic mass is 9.98. The molecule has 0 aliphatic heterocycles. The maximum absolute atomic E-state index is 13.4. The summed E-state index contributed by atoms with van der Waals surface area (Å²) in [5, 5.41) is 5.25. The van der Waals surface area contributed by atoms with E-state index in [0.29, 0.717) is 0 Å². The first-order chi connectivity index (χ1) is 8.13. The topological polar surface area (TPSA) is 12.0 Å². The van der Waals surface area contributed by atoms with Gasteiger partial charge >= 0.3 is 0 Å². The first-order valence-electron chi connectivity index (χ1n) is 5.64. The number of hydrogen-bond acceptors (Lipinski definition) is 2. The summed E-state index contributed by atoms with van der Waals surface area (Å²) in [4.78, 5) is 1.15. The molecule has 0 bridgehead atoms. The molecule has 1 N–H and O–H groups in total. The van der Waals surface area contributed by atoms with Gasteiger partial charge in [0, 0.05) is 10.9 Å². The van der Waals surface area contributed by atoms with E-state index in [9.17, 15) is 4.39 Å². The van der Waals surface area contributed by atoms with Crippen LogP contribution in [0.15, 0.2) is 29.6 Å². The summed E-state index contributed by atoms with van der Waals surface area (Å²) in [5.74, 6) is -0.181. The van der Waals surface area contributed by atoms with E-state index in [2.05, 4.69) is 25.2 Å². The largest absolute Gasteiger partial charge is 0.313 e. The zero-order valence-electron chi connectivity index (χ0n) is 10.3. The van der Waals surface area contributed by atoms with Crippen LogP contribution in [0.5, 0.6) is 0 Å². The maximum Gasteiger partial charge on any atom is 0.123 e. The number of thiophene rings is 1. The molecule has 0 saturated carbocycles. The van der Waals surface area contributed by atoms with Crippen molar-refractivity contribution < 1.29 is 4.39 Å². The molecule has 0 aliphatic rings. The van der Waals surface area contributed by atoms with E-state index in [1.54, 1.807) is 17.4 Å². The Hall–Kier alpha value is -1.19. The third kappa shape index (κ3) is 2.40. The highest BCUT2D eigenvalue weighted by Crippen LogP contribution is 2.34. The lowest BCUT2D eigenvalue weighted by Crippen LogP contribution is -2.13. The van der Waals surface area contributed by atoms with E-state index in [1.165, 1.54) is 11.6 Å². The molecule has 2 aromatic rings. The average molecular weight is 249 g/mol. The molecule has 90 valence electrons. The molecular formula is C14H16FNS. The highest BCUT2D eigenvalue weighted by molar-refractivity contribution is 7.13. The van der Waals surface area contributed by atoms with Crippen LogP contribution < -0.4 is 5.32 Å². The second-order valence-corrected chi connectivity index (χ2v) is 5.09. The molecule has 1 unspecified atom stereocenters. The highest BCUT2D eigenvalue weighted by atomic mass is 32.1. The summed E-state index contributed by atoms with van der Waals surface area (Å²) in [7, 11) is 1.92. The first kappa shape index (κ1) is 12.3. The average Bonchev–Trinajstić information content (AvgIpc) is 2.74. The minimum absolute atomic E-state index is 0.181. The van der Waals surface area contributed by atoms with Gasteiger partial charge in [-0.15, -0.1) is 11.3 Å². The zero-order chi connectivity index (χ0) is 12.4. The van der Waals surface area contributed by atoms with E-state index in [1.807, 2.05) is 18.5 Å². The van der Waals surface area contributed by atoms with Crippen LogP contribution in [0.2, 0.25) is 0 Å². The Balaban J connectivity index is 2.59. The predicted octanol–water partition coefficient (Wildman–Crippen LogP) is 4.14. The van der Waals surface area contributed by atoms with Crippen LogP contribution in [0.4, 0.5) is 4.39 Å². The van der Waals surface area contributed by atoms with E-state index in [-0.39, 0.29) is 11.9 Å². The zero-order valence-corrected chi connectivity index (χ0v) is 11.1. The third-order valence-electron chi connectivity index (χ3n) is 3.02. The summed E-state index contributed by atoms with van der Waals surface area (Å²) in [6.45, 7) is 4.14. The fourth-order valence-corrected chi connectivity index (χ4v) is 2.87. The van der Waals surface area contributed by atoms with E-state index in [0.717, 1.165) is 16.0 Å². The maximum atomic E-state index is 13.4. The van der Waals surface area contributed by atoms with Crippen LogP contribution in [0.3, 0.4) is 0 Å². The molecule has 1 nitrogen and oxygen atoms in total. The van der Waals surface area contributed by atoms with Crippen molar-refractivity contribution in [1.82, 2.24) is 5.32 Å². The van der Waals surface area contributed by atoms with E-state index in [4.69, 9.17) is 0 Å². The molecule has 0 amide bonds. The van der Waals surface area contributed by atoms with E-state index < -0.39 is 0 Å². The summed E-state index contributed by atoms with van der Waals surface area (Å²) in [5.41, 5.74) is 3.34. The van der Waals surface area contributed by atoms with Crippen molar-refractivity contribution in [3.05, 3.63) is 46.6 Å². The monoisotopic (exact) mass is 249 g/mol. The van der Waals surface area contributed by atoms with Crippen molar-refractivity contribution in [2.45, 2.75) is 19.9 Å². The second-order valence-electron chi connectivity index (χ2n) is 4.17. The molecule has 1 atom stereocenters. The molecule has 2 rings (SSSR count). The molecule has 0 spiro atoms. The molecular weight excluding hydrogens is 233 g/mol. The predicted molar refractivity (Wildman–Crippen MR) is 71.9 cm³/mol. The van der Waals surface area contributed by atoms with Crippen molar-refractivity contribution in [2.24, 2.45) is 0 Å². The Labute approximate surface area is 105 Å². The van der Waals surface area contributed by atoms with Gasteiger partial charge in [-0.25, -0.2) is 4.39 Å². The Kier molecular flexibility index (Phi) is 3.60. The Morgan fingerprint density at radius 3 is 2.65 bits per heavy atom. The normalized spacial score (nSPS) is 12.7. The standard InChI is InChI=1S/C14H16FNS/c1-9-6-7-17-14(9)13-8-11(15)4-5-12(13)10(2)16-3/h4-8,10,16H,1-3H3. The quantitative estimate of drug-likeness (QED) is 0.862. The fourth-order valence-electron chi connectivity index (χ4n) is 1.91. The number of halogens is 1. The number of nitrogens with one attached hydrogen (secondary N) is 1. The number of benzene rings is 1. The van der Waals surface area contributed by atoms with Crippen LogP contribution in [-0.2, 0) is 0 Å². The van der Waals surface area contributed by atoms with Gasteiger partial charge in [0.05, 0.1) is 0 Å². The Morgan fingerprint density at radius 2 is 2.06 bits per heavy atom. The van der Waals surface area contributed by atoms with Gasteiger partial charge in [0.25, 0.3) is 0 Å². The summed E-state index contributed by atoms with van der Waals surface area (Å²) in [6.07, 6.45) is 0. The lowest BCUT2D eigenvalue weighted by Gasteiger charge is -2.15. The molecule has 17 heavy (non-hydrogen) atoms.